The lowest BCUT2D eigenvalue weighted by Crippen LogP contribution is -2.39. The third-order valence-corrected chi connectivity index (χ3v) is 7.07. The molecule has 1 atom stereocenters. The van der Waals surface area contributed by atoms with Crippen LogP contribution in [0.1, 0.15) is 32.0 Å². The Labute approximate surface area is 188 Å². The number of ether oxygens (including phenoxy) is 2. The molecule has 7 nitrogen and oxygen atoms in total. The first-order valence-electron chi connectivity index (χ1n) is 10.0. The fourth-order valence-corrected chi connectivity index (χ4v) is 5.53. The number of benzene rings is 2. The van der Waals surface area contributed by atoms with E-state index in [4.69, 9.17) is 4.74 Å². The summed E-state index contributed by atoms with van der Waals surface area (Å²) in [7, 11) is -4.37. The molecule has 174 valence electrons. The normalized spacial score (nSPS) is 15.1. The van der Waals surface area contributed by atoms with Gasteiger partial charge in [0, 0.05) is 18.0 Å². The van der Waals surface area contributed by atoms with Crippen LogP contribution in [0.5, 0.6) is 5.75 Å². The van der Waals surface area contributed by atoms with E-state index in [1.54, 1.807) is 26.0 Å². The highest BCUT2D eigenvalue weighted by Crippen LogP contribution is 2.45. The summed E-state index contributed by atoms with van der Waals surface area (Å²) in [6.07, 6.45) is 0.786. The van der Waals surface area contributed by atoms with Crippen LogP contribution in [0.15, 0.2) is 53.6 Å². The zero-order valence-electron chi connectivity index (χ0n) is 17.6. The summed E-state index contributed by atoms with van der Waals surface area (Å²) in [5, 5.41) is 0. The maximum atomic E-state index is 14.8. The van der Waals surface area contributed by atoms with Gasteiger partial charge < -0.3 is 14.0 Å². The molecule has 1 aliphatic heterocycles. The summed E-state index contributed by atoms with van der Waals surface area (Å²) >= 11 is 0. The van der Waals surface area contributed by atoms with E-state index in [0.29, 0.717) is 11.8 Å². The summed E-state index contributed by atoms with van der Waals surface area (Å²) in [6, 6.07) is 7.93. The van der Waals surface area contributed by atoms with Gasteiger partial charge in [-0.3, -0.25) is 4.31 Å². The Bertz CT molecular complexity index is 1320. The predicted octanol–water partition coefficient (Wildman–Crippen LogP) is 5.09. The zero-order chi connectivity index (χ0) is 23.9. The van der Waals surface area contributed by atoms with E-state index >= 15 is 0 Å². The molecule has 0 saturated heterocycles. The second kappa shape index (κ2) is 8.47. The molecule has 0 saturated carbocycles. The van der Waals surface area contributed by atoms with Crippen molar-refractivity contribution in [3.8, 4) is 11.4 Å². The molecule has 1 unspecified atom stereocenters. The third kappa shape index (κ3) is 3.71. The first-order chi connectivity index (χ1) is 15.7. The number of hydrogen-bond acceptors (Lipinski definition) is 5. The van der Waals surface area contributed by atoms with Crippen LogP contribution < -0.4 is 9.04 Å². The summed E-state index contributed by atoms with van der Waals surface area (Å²) in [5.41, 5.74) is -0.320. The molecule has 0 N–H and O–H groups in total. The Hall–Kier alpha value is -3.47. The van der Waals surface area contributed by atoms with Crippen molar-refractivity contribution in [2.45, 2.75) is 31.2 Å². The van der Waals surface area contributed by atoms with Crippen LogP contribution in [0.3, 0.4) is 0 Å². The number of rotatable bonds is 5. The van der Waals surface area contributed by atoms with Gasteiger partial charge in [0.15, 0.2) is 17.5 Å². The maximum Gasteiger partial charge on any atom is 0.513 e. The second-order valence-electron chi connectivity index (χ2n) is 7.14. The van der Waals surface area contributed by atoms with Gasteiger partial charge in [0.2, 0.25) is 0 Å². The Balaban J connectivity index is 1.83. The van der Waals surface area contributed by atoms with Gasteiger partial charge in [-0.05, 0) is 49.7 Å². The Morgan fingerprint density at radius 2 is 1.76 bits per heavy atom. The summed E-state index contributed by atoms with van der Waals surface area (Å²) < 4.78 is 82.2. The lowest BCUT2D eigenvalue weighted by molar-refractivity contribution is 0.104. The molecule has 0 amide bonds. The molecular formula is C22H19F3N2O5S. The number of carbonyl (C=O) groups is 1. The van der Waals surface area contributed by atoms with Gasteiger partial charge in [-0.15, -0.1) is 0 Å². The highest BCUT2D eigenvalue weighted by molar-refractivity contribution is 7.92. The fraction of sp³-hybridized carbons (Fsp3) is 0.227. The minimum absolute atomic E-state index is 0.0477. The average molecular weight is 480 g/mol. The van der Waals surface area contributed by atoms with Crippen LogP contribution in [-0.4, -0.2) is 25.7 Å². The van der Waals surface area contributed by atoms with E-state index in [1.807, 2.05) is 0 Å². The summed E-state index contributed by atoms with van der Waals surface area (Å²) in [4.78, 5) is 11.3. The van der Waals surface area contributed by atoms with Crippen molar-refractivity contribution in [1.82, 2.24) is 4.57 Å². The SMILES string of the molecule is CCOC(=O)Oc1ccc(S(=O)(=O)N2c3cc(F)c(F)c(F)c3-n3cccc3C2CC)cc1. The lowest BCUT2D eigenvalue weighted by Gasteiger charge is -2.38. The highest BCUT2D eigenvalue weighted by Gasteiger charge is 2.41. The number of anilines is 1. The number of sulfonamides is 1. The quantitative estimate of drug-likeness (QED) is 0.289. The molecule has 2 aromatic carbocycles. The smallest absolute Gasteiger partial charge is 0.434 e. The molecule has 4 rings (SSSR count). The predicted molar refractivity (Wildman–Crippen MR) is 112 cm³/mol. The zero-order valence-corrected chi connectivity index (χ0v) is 18.4. The van der Waals surface area contributed by atoms with Gasteiger partial charge in [0.25, 0.3) is 10.0 Å². The molecule has 0 fully saturated rings. The molecule has 3 aromatic rings. The van der Waals surface area contributed by atoms with E-state index < -0.39 is 45.4 Å². The van der Waals surface area contributed by atoms with Crippen molar-refractivity contribution >= 4 is 21.9 Å². The van der Waals surface area contributed by atoms with Crippen molar-refractivity contribution in [3.63, 3.8) is 0 Å². The molecule has 0 spiro atoms. The molecular weight excluding hydrogens is 461 g/mol. The van der Waals surface area contributed by atoms with Gasteiger partial charge in [-0.1, -0.05) is 6.92 Å². The van der Waals surface area contributed by atoms with Gasteiger partial charge in [-0.2, -0.15) is 0 Å². The van der Waals surface area contributed by atoms with E-state index in [9.17, 15) is 26.4 Å². The van der Waals surface area contributed by atoms with Crippen LogP contribution in [0.4, 0.5) is 23.7 Å². The van der Waals surface area contributed by atoms with Crippen molar-refractivity contribution in [2.24, 2.45) is 0 Å². The maximum absolute atomic E-state index is 14.8. The van der Waals surface area contributed by atoms with Gasteiger partial charge in [0.1, 0.15) is 11.4 Å². The third-order valence-electron chi connectivity index (χ3n) is 5.23. The van der Waals surface area contributed by atoms with E-state index in [0.717, 1.165) is 4.31 Å². The number of nitrogens with zero attached hydrogens (tertiary/aromatic N) is 2. The Morgan fingerprint density at radius 3 is 2.39 bits per heavy atom. The van der Waals surface area contributed by atoms with Crippen molar-refractivity contribution in [2.75, 3.05) is 10.9 Å². The number of fused-ring (bicyclic) bond motifs is 3. The number of hydrogen-bond donors (Lipinski definition) is 0. The monoisotopic (exact) mass is 480 g/mol. The number of halogens is 3. The number of carbonyl (C=O) groups excluding carboxylic acids is 1. The molecule has 1 aliphatic rings. The Kier molecular flexibility index (Phi) is 5.83. The molecule has 0 aliphatic carbocycles. The standard InChI is InChI=1S/C22H19F3N2O5S/c1-3-16-17-6-5-11-26(17)21-18(12-15(23)19(24)20(21)25)27(16)33(29,30)14-9-7-13(8-10-14)32-22(28)31-4-2/h5-12,16H,3-4H2,1-2H3. The van der Waals surface area contributed by atoms with Crippen LogP contribution >= 0.6 is 0 Å². The lowest BCUT2D eigenvalue weighted by atomic mass is 10.1. The molecule has 0 bridgehead atoms. The summed E-state index contributed by atoms with van der Waals surface area (Å²) in [6.45, 7) is 3.43. The molecule has 1 aromatic heterocycles. The minimum atomic E-state index is -4.37. The summed E-state index contributed by atoms with van der Waals surface area (Å²) in [5.74, 6) is -4.64. The first kappa shape index (κ1) is 22.7. The van der Waals surface area contributed by atoms with Crippen LogP contribution in [-0.2, 0) is 14.8 Å². The topological polar surface area (TPSA) is 77.8 Å². The van der Waals surface area contributed by atoms with E-state index in [1.165, 1.54) is 35.0 Å². The van der Waals surface area contributed by atoms with Crippen molar-refractivity contribution < 1.29 is 35.9 Å². The fourth-order valence-electron chi connectivity index (χ4n) is 3.84. The molecule has 11 heteroatoms. The van der Waals surface area contributed by atoms with Crippen LogP contribution in [0, 0.1) is 17.5 Å². The van der Waals surface area contributed by atoms with Crippen molar-refractivity contribution in [3.05, 3.63) is 71.8 Å². The minimum Gasteiger partial charge on any atom is -0.434 e. The Morgan fingerprint density at radius 1 is 1.06 bits per heavy atom. The first-order valence-corrected chi connectivity index (χ1v) is 11.5. The number of aromatic nitrogens is 1. The average Bonchev–Trinajstić information content (AvgIpc) is 3.26. The second-order valence-corrected chi connectivity index (χ2v) is 8.95. The van der Waals surface area contributed by atoms with Gasteiger partial charge in [-0.25, -0.2) is 26.4 Å². The van der Waals surface area contributed by atoms with Gasteiger partial charge in [0.05, 0.1) is 23.2 Å². The van der Waals surface area contributed by atoms with Crippen LogP contribution in [0.25, 0.3) is 5.69 Å². The van der Waals surface area contributed by atoms with E-state index in [2.05, 4.69) is 4.74 Å². The van der Waals surface area contributed by atoms with Crippen LogP contribution in [0.2, 0.25) is 0 Å². The van der Waals surface area contributed by atoms with E-state index in [-0.39, 0.29) is 29.4 Å². The van der Waals surface area contributed by atoms with Gasteiger partial charge >= 0.3 is 6.16 Å². The molecule has 2 heterocycles. The molecule has 33 heavy (non-hydrogen) atoms. The molecule has 0 radical (unpaired) electrons. The van der Waals surface area contributed by atoms with Crippen molar-refractivity contribution in [1.29, 1.82) is 0 Å². The largest absolute Gasteiger partial charge is 0.513 e. The highest BCUT2D eigenvalue weighted by atomic mass is 32.2.